The summed E-state index contributed by atoms with van der Waals surface area (Å²) in [5.41, 5.74) is 5.62. The molecule has 2 rings (SSSR count). The summed E-state index contributed by atoms with van der Waals surface area (Å²) in [6.07, 6.45) is 8.62. The first-order valence-corrected chi connectivity index (χ1v) is 5.80. The Kier molecular flexibility index (Phi) is 4.45. The zero-order valence-corrected chi connectivity index (χ0v) is 10.5. The van der Waals surface area contributed by atoms with E-state index in [1.807, 2.05) is 0 Å². The first kappa shape index (κ1) is 13.7. The summed E-state index contributed by atoms with van der Waals surface area (Å²) in [5.74, 6) is -1.17. The van der Waals surface area contributed by atoms with Gasteiger partial charge in [0.1, 0.15) is 18.7 Å². The normalized spacial score (nSPS) is 11.8. The highest BCUT2D eigenvalue weighted by Crippen LogP contribution is 1.98. The average Bonchev–Trinajstić information content (AvgIpc) is 3.09. The van der Waals surface area contributed by atoms with Gasteiger partial charge < -0.3 is 15.4 Å². The van der Waals surface area contributed by atoms with Gasteiger partial charge in [-0.1, -0.05) is 0 Å². The van der Waals surface area contributed by atoms with Crippen LogP contribution in [0.4, 0.5) is 0 Å². The zero-order chi connectivity index (χ0) is 14.4. The molecule has 0 fully saturated rings. The largest absolute Gasteiger partial charge is 0.349 e. The van der Waals surface area contributed by atoms with Crippen LogP contribution in [0.1, 0.15) is 12.8 Å². The summed E-state index contributed by atoms with van der Waals surface area (Å²) in [4.78, 5) is 40.2. The standard InChI is InChI=1S/C11H13N5O4/c12-9(11(18)20-16-6-4-14-8-16)1-2-10(17)19-15-5-3-13-7-15/h3-9H,1-2,12H2/t9-/m0/s1. The number of carbonyl (C=O) groups is 2. The van der Waals surface area contributed by atoms with Crippen LogP contribution in [0.2, 0.25) is 0 Å². The molecule has 0 aromatic carbocycles. The lowest BCUT2D eigenvalue weighted by molar-refractivity contribution is -0.147. The van der Waals surface area contributed by atoms with E-state index in [2.05, 4.69) is 9.97 Å². The number of hydrogen-bond acceptors (Lipinski definition) is 7. The number of imidazole rings is 2. The van der Waals surface area contributed by atoms with Crippen LogP contribution >= 0.6 is 0 Å². The van der Waals surface area contributed by atoms with E-state index >= 15 is 0 Å². The fourth-order valence-electron chi connectivity index (χ4n) is 1.33. The third kappa shape index (κ3) is 3.92. The molecular weight excluding hydrogens is 266 g/mol. The molecule has 2 heterocycles. The molecule has 0 radical (unpaired) electrons. The van der Waals surface area contributed by atoms with E-state index in [1.165, 1.54) is 37.4 Å². The molecule has 0 unspecified atom stereocenters. The maximum Gasteiger partial charge on any atom is 0.349 e. The quantitative estimate of drug-likeness (QED) is 0.706. The van der Waals surface area contributed by atoms with Gasteiger partial charge in [-0.2, -0.15) is 9.46 Å². The van der Waals surface area contributed by atoms with Gasteiger partial charge in [0.15, 0.2) is 0 Å². The van der Waals surface area contributed by atoms with Gasteiger partial charge in [0, 0.05) is 12.4 Å². The molecule has 9 nitrogen and oxygen atoms in total. The Balaban J connectivity index is 1.72. The highest BCUT2D eigenvalue weighted by atomic mass is 16.7. The van der Waals surface area contributed by atoms with E-state index in [-0.39, 0.29) is 12.8 Å². The summed E-state index contributed by atoms with van der Waals surface area (Å²) in [7, 11) is 0. The summed E-state index contributed by atoms with van der Waals surface area (Å²) in [6, 6.07) is -0.923. The van der Waals surface area contributed by atoms with Gasteiger partial charge >= 0.3 is 11.9 Å². The van der Waals surface area contributed by atoms with Gasteiger partial charge in [0.25, 0.3) is 0 Å². The van der Waals surface area contributed by atoms with E-state index in [0.29, 0.717) is 0 Å². The van der Waals surface area contributed by atoms with Crippen molar-refractivity contribution in [3.8, 4) is 0 Å². The molecule has 20 heavy (non-hydrogen) atoms. The van der Waals surface area contributed by atoms with E-state index in [0.717, 1.165) is 9.46 Å². The molecule has 0 saturated heterocycles. The van der Waals surface area contributed by atoms with E-state index in [9.17, 15) is 9.59 Å². The topological polar surface area (TPSA) is 114 Å². The van der Waals surface area contributed by atoms with Crippen molar-refractivity contribution < 1.29 is 19.3 Å². The van der Waals surface area contributed by atoms with Gasteiger partial charge in [-0.15, -0.1) is 0 Å². The van der Waals surface area contributed by atoms with Crippen molar-refractivity contribution in [3.63, 3.8) is 0 Å². The maximum absolute atomic E-state index is 11.6. The second-order valence-corrected chi connectivity index (χ2v) is 3.86. The van der Waals surface area contributed by atoms with Crippen LogP contribution in [0.25, 0.3) is 0 Å². The Labute approximate surface area is 113 Å². The van der Waals surface area contributed by atoms with Crippen molar-refractivity contribution in [1.82, 2.24) is 19.4 Å². The summed E-state index contributed by atoms with van der Waals surface area (Å²) in [6.45, 7) is 0. The van der Waals surface area contributed by atoms with Crippen molar-refractivity contribution in [3.05, 3.63) is 37.4 Å². The van der Waals surface area contributed by atoms with Crippen LogP contribution < -0.4 is 15.4 Å². The van der Waals surface area contributed by atoms with Crippen LogP contribution in [-0.2, 0) is 9.59 Å². The van der Waals surface area contributed by atoms with Gasteiger partial charge in [-0.3, -0.25) is 0 Å². The van der Waals surface area contributed by atoms with Gasteiger partial charge in [-0.05, 0) is 6.42 Å². The predicted octanol–water partition coefficient (Wildman–Crippen LogP) is -1.20. The Morgan fingerprint density at radius 3 is 2.25 bits per heavy atom. The monoisotopic (exact) mass is 279 g/mol. The third-order valence-electron chi connectivity index (χ3n) is 2.33. The first-order chi connectivity index (χ1) is 9.65. The molecule has 0 saturated carbocycles. The molecule has 106 valence electrons. The fraction of sp³-hybridized carbons (Fsp3) is 0.273. The Bertz CT molecular complexity index is 551. The summed E-state index contributed by atoms with van der Waals surface area (Å²) in [5, 5.41) is 0. The van der Waals surface area contributed by atoms with Crippen molar-refractivity contribution in [2.24, 2.45) is 5.73 Å². The number of rotatable bonds is 6. The number of aromatic nitrogens is 4. The van der Waals surface area contributed by atoms with E-state index < -0.39 is 18.0 Å². The van der Waals surface area contributed by atoms with Crippen LogP contribution in [0, 0.1) is 0 Å². The molecule has 0 aliphatic heterocycles. The molecule has 2 N–H and O–H groups in total. The summed E-state index contributed by atoms with van der Waals surface area (Å²) < 4.78 is 2.30. The number of carbonyl (C=O) groups excluding carboxylic acids is 2. The number of nitrogens with zero attached hydrogens (tertiary/aromatic N) is 4. The first-order valence-electron chi connectivity index (χ1n) is 5.80. The lowest BCUT2D eigenvalue weighted by atomic mass is 10.2. The molecule has 0 aliphatic rings. The summed E-state index contributed by atoms with van der Waals surface area (Å²) >= 11 is 0. The lowest BCUT2D eigenvalue weighted by Crippen LogP contribution is -2.38. The van der Waals surface area contributed by atoms with Crippen molar-refractivity contribution in [2.45, 2.75) is 18.9 Å². The highest BCUT2D eigenvalue weighted by Gasteiger charge is 2.18. The predicted molar refractivity (Wildman–Crippen MR) is 64.8 cm³/mol. The van der Waals surface area contributed by atoms with Crippen LogP contribution in [0.3, 0.4) is 0 Å². The number of nitrogens with two attached hydrogens (primary N) is 1. The molecule has 2 aromatic rings. The van der Waals surface area contributed by atoms with Gasteiger partial charge in [0.05, 0.1) is 18.8 Å². The van der Waals surface area contributed by atoms with Crippen molar-refractivity contribution in [2.75, 3.05) is 0 Å². The third-order valence-corrected chi connectivity index (χ3v) is 2.33. The molecule has 1 atom stereocenters. The van der Waals surface area contributed by atoms with Crippen LogP contribution in [0.5, 0.6) is 0 Å². The second-order valence-electron chi connectivity index (χ2n) is 3.86. The Morgan fingerprint density at radius 2 is 1.70 bits per heavy atom. The molecule has 0 aliphatic carbocycles. The molecule has 0 bridgehead atoms. The highest BCUT2D eigenvalue weighted by molar-refractivity contribution is 5.77. The minimum Gasteiger partial charge on any atom is -0.336 e. The maximum atomic E-state index is 11.6. The zero-order valence-electron chi connectivity index (χ0n) is 10.5. The van der Waals surface area contributed by atoms with E-state index in [4.69, 9.17) is 15.4 Å². The minimum absolute atomic E-state index is 0.0155. The molecular formula is C11H13N5O4. The molecule has 0 spiro atoms. The Hall–Kier alpha value is -2.68. The minimum atomic E-state index is -0.923. The van der Waals surface area contributed by atoms with Crippen LogP contribution in [-0.4, -0.2) is 37.4 Å². The van der Waals surface area contributed by atoms with E-state index in [1.54, 1.807) is 0 Å². The lowest BCUT2D eigenvalue weighted by Gasteiger charge is -2.10. The molecule has 0 amide bonds. The molecule has 9 heteroatoms. The van der Waals surface area contributed by atoms with Gasteiger partial charge in [0.2, 0.25) is 0 Å². The molecule has 2 aromatic heterocycles. The van der Waals surface area contributed by atoms with Gasteiger partial charge in [-0.25, -0.2) is 19.6 Å². The van der Waals surface area contributed by atoms with Crippen LogP contribution in [0.15, 0.2) is 37.4 Å². The van der Waals surface area contributed by atoms with Crippen molar-refractivity contribution >= 4 is 11.9 Å². The SMILES string of the molecule is N[C@@H](CCC(=O)On1ccnc1)C(=O)On1ccnc1. The second kappa shape index (κ2) is 6.48. The average molecular weight is 279 g/mol. The smallest absolute Gasteiger partial charge is 0.336 e. The fourth-order valence-corrected chi connectivity index (χ4v) is 1.33. The van der Waals surface area contributed by atoms with Crippen molar-refractivity contribution in [1.29, 1.82) is 0 Å². The number of hydrogen-bond donors (Lipinski definition) is 1. The Morgan fingerprint density at radius 1 is 1.10 bits per heavy atom.